The number of nitrogens with zero attached hydrogens (tertiary/aromatic N) is 3. The molecule has 22 heavy (non-hydrogen) atoms. The summed E-state index contributed by atoms with van der Waals surface area (Å²) >= 11 is 1.56. The molecular weight excluding hydrogens is 294 g/mol. The second-order valence-electron chi connectivity index (χ2n) is 7.68. The van der Waals surface area contributed by atoms with Gasteiger partial charge >= 0.3 is 0 Å². The minimum Gasteiger partial charge on any atom is -0.333 e. The fraction of sp³-hybridized carbons (Fsp3) is 0.765. The topological polar surface area (TPSA) is 36.4 Å². The van der Waals surface area contributed by atoms with Crippen molar-refractivity contribution in [3.63, 3.8) is 0 Å². The van der Waals surface area contributed by atoms with Crippen molar-refractivity contribution in [1.29, 1.82) is 0 Å². The number of hydrogen-bond acceptors (Lipinski definition) is 4. The highest BCUT2D eigenvalue weighted by Gasteiger charge is 2.39. The zero-order chi connectivity index (χ0) is 15.9. The Kier molecular flexibility index (Phi) is 4.29. The van der Waals surface area contributed by atoms with E-state index < -0.39 is 0 Å². The summed E-state index contributed by atoms with van der Waals surface area (Å²) in [5, 5.41) is 1.05. The number of amides is 1. The van der Waals surface area contributed by atoms with Gasteiger partial charge < -0.3 is 9.80 Å². The molecule has 0 radical (unpaired) electrons. The predicted molar refractivity (Wildman–Crippen MR) is 90.5 cm³/mol. The van der Waals surface area contributed by atoms with Crippen molar-refractivity contribution in [2.24, 2.45) is 0 Å². The fourth-order valence-electron chi connectivity index (χ4n) is 3.73. The minimum atomic E-state index is 0.0132. The van der Waals surface area contributed by atoms with E-state index in [1.165, 1.54) is 12.8 Å². The molecule has 1 aromatic heterocycles. The molecule has 2 aliphatic heterocycles. The van der Waals surface area contributed by atoms with Crippen molar-refractivity contribution in [1.82, 2.24) is 14.8 Å². The molecule has 3 heterocycles. The Hall–Kier alpha value is -0.940. The summed E-state index contributed by atoms with van der Waals surface area (Å²) in [5.74, 6) is 0.191. The van der Waals surface area contributed by atoms with Gasteiger partial charge in [-0.3, -0.25) is 4.79 Å². The van der Waals surface area contributed by atoms with E-state index in [4.69, 9.17) is 0 Å². The standard InChI is InChI=1S/C17H27N3OS/c1-17(2,3)16-18-11-14(22-16)15(21)20-10-6-8-13(20)12-7-5-9-19(12)4/h11-13H,5-10H2,1-4H3. The Balaban J connectivity index is 1.77. The minimum absolute atomic E-state index is 0.0132. The first kappa shape index (κ1) is 15.9. The van der Waals surface area contributed by atoms with Crippen LogP contribution in [0.3, 0.4) is 0 Å². The number of likely N-dealkylation sites (tertiary alicyclic amines) is 2. The summed E-state index contributed by atoms with van der Waals surface area (Å²) in [4.78, 5) is 22.8. The number of aromatic nitrogens is 1. The third kappa shape index (κ3) is 2.93. The van der Waals surface area contributed by atoms with E-state index in [2.05, 4.69) is 42.6 Å². The predicted octanol–water partition coefficient (Wildman–Crippen LogP) is 3.14. The molecule has 1 amide bonds. The van der Waals surface area contributed by atoms with Crippen LogP contribution in [0.1, 0.15) is 61.1 Å². The van der Waals surface area contributed by atoms with Gasteiger partial charge in [-0.1, -0.05) is 20.8 Å². The quantitative estimate of drug-likeness (QED) is 0.839. The van der Waals surface area contributed by atoms with Crippen molar-refractivity contribution in [3.8, 4) is 0 Å². The Morgan fingerprint density at radius 1 is 1.23 bits per heavy atom. The summed E-state index contributed by atoms with van der Waals surface area (Å²) in [5.41, 5.74) is 0.0132. The molecule has 2 unspecified atom stereocenters. The molecule has 2 atom stereocenters. The monoisotopic (exact) mass is 321 g/mol. The van der Waals surface area contributed by atoms with E-state index in [0.717, 1.165) is 35.8 Å². The molecule has 5 heteroatoms. The largest absolute Gasteiger partial charge is 0.333 e. The first-order valence-corrected chi connectivity index (χ1v) is 9.17. The molecule has 2 fully saturated rings. The first-order valence-electron chi connectivity index (χ1n) is 8.35. The molecule has 1 aromatic rings. The molecule has 0 spiro atoms. The van der Waals surface area contributed by atoms with Gasteiger partial charge in [-0.25, -0.2) is 4.98 Å². The highest BCUT2D eigenvalue weighted by atomic mass is 32.1. The van der Waals surface area contributed by atoms with Crippen LogP contribution in [0.15, 0.2) is 6.20 Å². The van der Waals surface area contributed by atoms with E-state index in [1.54, 1.807) is 17.5 Å². The van der Waals surface area contributed by atoms with Gasteiger partial charge in [0.15, 0.2) is 0 Å². The van der Waals surface area contributed by atoms with E-state index in [1.807, 2.05) is 0 Å². The summed E-state index contributed by atoms with van der Waals surface area (Å²) in [6.07, 6.45) is 6.54. The smallest absolute Gasteiger partial charge is 0.265 e. The van der Waals surface area contributed by atoms with Gasteiger partial charge in [0, 0.05) is 24.0 Å². The van der Waals surface area contributed by atoms with Crippen LogP contribution in [0, 0.1) is 0 Å². The highest BCUT2D eigenvalue weighted by molar-refractivity contribution is 7.13. The Bertz CT molecular complexity index is 548. The zero-order valence-corrected chi connectivity index (χ0v) is 14.9. The molecule has 0 aromatic carbocycles. The maximum Gasteiger partial charge on any atom is 0.265 e. The summed E-state index contributed by atoms with van der Waals surface area (Å²) < 4.78 is 0. The molecule has 0 N–H and O–H groups in total. The molecule has 3 rings (SSSR count). The molecule has 2 aliphatic rings. The average molecular weight is 321 g/mol. The average Bonchev–Trinajstić information content (AvgIpc) is 3.16. The van der Waals surface area contributed by atoms with Gasteiger partial charge in [0.2, 0.25) is 0 Å². The molecule has 122 valence electrons. The van der Waals surface area contributed by atoms with Crippen molar-refractivity contribution >= 4 is 17.2 Å². The second-order valence-corrected chi connectivity index (χ2v) is 8.71. The number of hydrogen-bond donors (Lipinski definition) is 0. The number of thiazole rings is 1. The Morgan fingerprint density at radius 2 is 1.91 bits per heavy atom. The van der Waals surface area contributed by atoms with Gasteiger partial charge in [-0.05, 0) is 39.3 Å². The van der Waals surface area contributed by atoms with Crippen LogP contribution in [0.4, 0.5) is 0 Å². The van der Waals surface area contributed by atoms with Gasteiger partial charge in [0.05, 0.1) is 11.2 Å². The summed E-state index contributed by atoms with van der Waals surface area (Å²) in [6, 6.07) is 0.932. The van der Waals surface area contributed by atoms with E-state index in [0.29, 0.717) is 12.1 Å². The first-order chi connectivity index (χ1) is 10.4. The normalized spacial score (nSPS) is 26.8. The second kappa shape index (κ2) is 5.93. The van der Waals surface area contributed by atoms with Gasteiger partial charge in [0.25, 0.3) is 5.91 Å². The molecule has 2 saturated heterocycles. The van der Waals surface area contributed by atoms with Crippen LogP contribution in [0.5, 0.6) is 0 Å². The van der Waals surface area contributed by atoms with Crippen LogP contribution in [-0.2, 0) is 5.41 Å². The lowest BCUT2D eigenvalue weighted by Gasteiger charge is -2.33. The SMILES string of the molecule is CN1CCCC1C1CCCN1C(=O)c1cnc(C(C)(C)C)s1. The van der Waals surface area contributed by atoms with E-state index >= 15 is 0 Å². The number of rotatable bonds is 2. The zero-order valence-electron chi connectivity index (χ0n) is 14.1. The van der Waals surface area contributed by atoms with Gasteiger partial charge in [-0.2, -0.15) is 0 Å². The van der Waals surface area contributed by atoms with Crippen molar-refractivity contribution in [2.75, 3.05) is 20.1 Å². The molecule has 0 aliphatic carbocycles. The van der Waals surface area contributed by atoms with E-state index in [-0.39, 0.29) is 11.3 Å². The van der Waals surface area contributed by atoms with Crippen molar-refractivity contribution in [2.45, 2.75) is 64.0 Å². The van der Waals surface area contributed by atoms with E-state index in [9.17, 15) is 4.79 Å². The third-order valence-corrected chi connectivity index (χ3v) is 6.35. The van der Waals surface area contributed by atoms with Crippen LogP contribution >= 0.6 is 11.3 Å². The lowest BCUT2D eigenvalue weighted by atomic mass is 9.98. The maximum atomic E-state index is 12.9. The summed E-state index contributed by atoms with van der Waals surface area (Å²) in [6.45, 7) is 8.50. The van der Waals surface area contributed by atoms with Crippen molar-refractivity contribution in [3.05, 3.63) is 16.1 Å². The van der Waals surface area contributed by atoms with Crippen LogP contribution in [0.2, 0.25) is 0 Å². The number of likely N-dealkylation sites (N-methyl/N-ethyl adjacent to an activating group) is 1. The lowest BCUT2D eigenvalue weighted by Crippen LogP contribution is -2.46. The third-order valence-electron chi connectivity index (χ3n) is 4.94. The molecule has 0 saturated carbocycles. The maximum absolute atomic E-state index is 12.9. The Morgan fingerprint density at radius 3 is 2.50 bits per heavy atom. The van der Waals surface area contributed by atoms with Crippen LogP contribution in [-0.4, -0.2) is 52.9 Å². The fourth-order valence-corrected chi connectivity index (χ4v) is 4.66. The summed E-state index contributed by atoms with van der Waals surface area (Å²) in [7, 11) is 2.20. The van der Waals surface area contributed by atoms with Crippen LogP contribution in [0.25, 0.3) is 0 Å². The van der Waals surface area contributed by atoms with Crippen LogP contribution < -0.4 is 0 Å². The van der Waals surface area contributed by atoms with Gasteiger partial charge in [0.1, 0.15) is 4.88 Å². The molecule has 0 bridgehead atoms. The number of carbonyl (C=O) groups is 1. The van der Waals surface area contributed by atoms with Crippen molar-refractivity contribution < 1.29 is 4.79 Å². The Labute approximate surface area is 137 Å². The highest BCUT2D eigenvalue weighted by Crippen LogP contribution is 2.32. The van der Waals surface area contributed by atoms with Gasteiger partial charge in [-0.15, -0.1) is 11.3 Å². The lowest BCUT2D eigenvalue weighted by molar-refractivity contribution is 0.0669. The number of carbonyl (C=O) groups excluding carboxylic acids is 1. The molecular formula is C17H27N3OS. The molecule has 4 nitrogen and oxygen atoms in total.